The molecular formula is C14H31N. The number of nitrogens with zero attached hydrogens (tertiary/aromatic N) is 1. The first-order chi connectivity index (χ1) is 7.26. The molecule has 0 bridgehead atoms. The van der Waals surface area contributed by atoms with Crippen LogP contribution in [0.3, 0.4) is 0 Å². The second-order valence-corrected chi connectivity index (χ2v) is 4.62. The fourth-order valence-corrected chi connectivity index (χ4v) is 2.57. The Labute approximate surface area is 97.2 Å². The average molecular weight is 213 g/mol. The van der Waals surface area contributed by atoms with E-state index in [0.717, 1.165) is 11.8 Å². The molecule has 1 saturated carbocycles. The van der Waals surface area contributed by atoms with Crippen molar-refractivity contribution in [2.24, 2.45) is 11.8 Å². The Bertz CT molecular complexity index is 129. The second kappa shape index (κ2) is 9.21. The molecule has 1 heteroatoms. The second-order valence-electron chi connectivity index (χ2n) is 4.62. The molecule has 1 aliphatic carbocycles. The van der Waals surface area contributed by atoms with Gasteiger partial charge in [0.15, 0.2) is 0 Å². The van der Waals surface area contributed by atoms with Crippen LogP contribution in [-0.2, 0) is 0 Å². The van der Waals surface area contributed by atoms with E-state index >= 15 is 0 Å². The van der Waals surface area contributed by atoms with Gasteiger partial charge in [0.1, 0.15) is 0 Å². The summed E-state index contributed by atoms with van der Waals surface area (Å²) in [5.74, 6) is 1.97. The average Bonchev–Trinajstić information content (AvgIpc) is 2.29. The van der Waals surface area contributed by atoms with Gasteiger partial charge >= 0.3 is 0 Å². The SMILES string of the molecule is CC.CCN(CC)CC1CCCC(C)C1. The topological polar surface area (TPSA) is 3.24 Å². The lowest BCUT2D eigenvalue weighted by molar-refractivity contribution is 0.191. The quantitative estimate of drug-likeness (QED) is 0.677. The molecule has 2 atom stereocenters. The zero-order valence-corrected chi connectivity index (χ0v) is 11.6. The maximum atomic E-state index is 2.57. The molecule has 1 rings (SSSR count). The van der Waals surface area contributed by atoms with Crippen LogP contribution in [0.25, 0.3) is 0 Å². The highest BCUT2D eigenvalue weighted by Crippen LogP contribution is 2.28. The zero-order chi connectivity index (χ0) is 11.7. The first-order valence-electron chi connectivity index (χ1n) is 6.98. The fourth-order valence-electron chi connectivity index (χ4n) is 2.57. The molecule has 1 aliphatic rings. The van der Waals surface area contributed by atoms with Gasteiger partial charge in [0.05, 0.1) is 0 Å². The highest BCUT2D eigenvalue weighted by atomic mass is 15.1. The van der Waals surface area contributed by atoms with E-state index in [2.05, 4.69) is 25.7 Å². The highest BCUT2D eigenvalue weighted by Gasteiger charge is 2.19. The van der Waals surface area contributed by atoms with E-state index in [9.17, 15) is 0 Å². The van der Waals surface area contributed by atoms with Crippen LogP contribution >= 0.6 is 0 Å². The normalized spacial score (nSPS) is 26.0. The van der Waals surface area contributed by atoms with Crippen LogP contribution in [0.1, 0.15) is 60.3 Å². The van der Waals surface area contributed by atoms with E-state index in [4.69, 9.17) is 0 Å². The van der Waals surface area contributed by atoms with Crippen molar-refractivity contribution in [2.45, 2.75) is 60.3 Å². The van der Waals surface area contributed by atoms with Crippen LogP contribution < -0.4 is 0 Å². The van der Waals surface area contributed by atoms with Crippen LogP contribution in [-0.4, -0.2) is 24.5 Å². The Morgan fingerprint density at radius 3 is 2.13 bits per heavy atom. The molecule has 0 aromatic rings. The summed E-state index contributed by atoms with van der Waals surface area (Å²) in [5, 5.41) is 0. The van der Waals surface area contributed by atoms with Crippen molar-refractivity contribution < 1.29 is 0 Å². The number of hydrogen-bond donors (Lipinski definition) is 0. The van der Waals surface area contributed by atoms with Crippen LogP contribution in [0.15, 0.2) is 0 Å². The van der Waals surface area contributed by atoms with Gasteiger partial charge in [-0.1, -0.05) is 47.5 Å². The van der Waals surface area contributed by atoms with Crippen molar-refractivity contribution in [3.8, 4) is 0 Å². The Morgan fingerprint density at radius 2 is 1.67 bits per heavy atom. The van der Waals surface area contributed by atoms with Crippen molar-refractivity contribution in [2.75, 3.05) is 19.6 Å². The summed E-state index contributed by atoms with van der Waals surface area (Å²) >= 11 is 0. The predicted molar refractivity (Wildman–Crippen MR) is 70.3 cm³/mol. The Balaban J connectivity index is 0.000000921. The molecule has 0 amide bonds. The summed E-state index contributed by atoms with van der Waals surface area (Å²) < 4.78 is 0. The number of hydrogen-bond acceptors (Lipinski definition) is 1. The maximum absolute atomic E-state index is 2.57. The minimum atomic E-state index is 0.981. The maximum Gasteiger partial charge on any atom is 0.000952 e. The molecule has 0 N–H and O–H groups in total. The van der Waals surface area contributed by atoms with E-state index in [1.165, 1.54) is 45.3 Å². The van der Waals surface area contributed by atoms with Crippen LogP contribution in [0, 0.1) is 11.8 Å². The Kier molecular flexibility index (Phi) is 9.18. The fraction of sp³-hybridized carbons (Fsp3) is 1.00. The van der Waals surface area contributed by atoms with Gasteiger partial charge in [0.25, 0.3) is 0 Å². The Morgan fingerprint density at radius 1 is 1.07 bits per heavy atom. The van der Waals surface area contributed by atoms with Crippen molar-refractivity contribution in [3.05, 3.63) is 0 Å². The molecule has 2 unspecified atom stereocenters. The van der Waals surface area contributed by atoms with Gasteiger partial charge in [0.2, 0.25) is 0 Å². The third kappa shape index (κ3) is 6.19. The number of rotatable bonds is 4. The molecule has 1 fully saturated rings. The van der Waals surface area contributed by atoms with Crippen LogP contribution in [0.2, 0.25) is 0 Å². The smallest absolute Gasteiger partial charge is 0.000952 e. The third-order valence-corrected chi connectivity index (χ3v) is 3.46. The van der Waals surface area contributed by atoms with E-state index in [-0.39, 0.29) is 0 Å². The summed E-state index contributed by atoms with van der Waals surface area (Å²) in [6, 6.07) is 0. The summed E-state index contributed by atoms with van der Waals surface area (Å²) in [6.45, 7) is 14.8. The molecule has 1 nitrogen and oxygen atoms in total. The lowest BCUT2D eigenvalue weighted by Gasteiger charge is -2.31. The van der Waals surface area contributed by atoms with Gasteiger partial charge in [-0.15, -0.1) is 0 Å². The minimum Gasteiger partial charge on any atom is -0.304 e. The molecule has 0 heterocycles. The molecule has 15 heavy (non-hydrogen) atoms. The highest BCUT2D eigenvalue weighted by molar-refractivity contribution is 4.73. The van der Waals surface area contributed by atoms with Gasteiger partial charge in [-0.3, -0.25) is 0 Å². The molecule has 0 aromatic heterocycles. The summed E-state index contributed by atoms with van der Waals surface area (Å²) in [5.41, 5.74) is 0. The largest absolute Gasteiger partial charge is 0.304 e. The van der Waals surface area contributed by atoms with Crippen molar-refractivity contribution in [3.63, 3.8) is 0 Å². The molecular weight excluding hydrogens is 182 g/mol. The molecule has 92 valence electrons. The van der Waals surface area contributed by atoms with Gasteiger partial charge < -0.3 is 4.90 Å². The summed E-state index contributed by atoms with van der Waals surface area (Å²) in [7, 11) is 0. The van der Waals surface area contributed by atoms with E-state index in [0.29, 0.717) is 0 Å². The van der Waals surface area contributed by atoms with Crippen molar-refractivity contribution >= 4 is 0 Å². The van der Waals surface area contributed by atoms with Gasteiger partial charge in [0, 0.05) is 6.54 Å². The van der Waals surface area contributed by atoms with E-state index in [1.807, 2.05) is 13.8 Å². The third-order valence-electron chi connectivity index (χ3n) is 3.46. The van der Waals surface area contributed by atoms with Crippen molar-refractivity contribution in [1.82, 2.24) is 4.90 Å². The first kappa shape index (κ1) is 15.0. The minimum absolute atomic E-state index is 0.981. The molecule has 0 aliphatic heterocycles. The molecule has 0 saturated heterocycles. The standard InChI is InChI=1S/C12H25N.C2H6/c1-4-13(5-2)10-12-8-6-7-11(3)9-12;1-2/h11-12H,4-10H2,1-3H3;1-2H3. The molecule has 0 spiro atoms. The molecule has 0 aromatic carbocycles. The van der Waals surface area contributed by atoms with Gasteiger partial charge in [-0.05, 0) is 37.8 Å². The van der Waals surface area contributed by atoms with Crippen LogP contribution in [0.5, 0.6) is 0 Å². The first-order valence-corrected chi connectivity index (χ1v) is 6.98. The zero-order valence-electron chi connectivity index (χ0n) is 11.6. The van der Waals surface area contributed by atoms with Gasteiger partial charge in [-0.2, -0.15) is 0 Å². The van der Waals surface area contributed by atoms with Crippen molar-refractivity contribution in [1.29, 1.82) is 0 Å². The predicted octanol–water partition coefficient (Wildman–Crippen LogP) is 4.18. The summed E-state index contributed by atoms with van der Waals surface area (Å²) in [4.78, 5) is 2.57. The molecule has 0 radical (unpaired) electrons. The lowest BCUT2D eigenvalue weighted by atomic mass is 9.82. The lowest BCUT2D eigenvalue weighted by Crippen LogP contribution is -2.31. The van der Waals surface area contributed by atoms with Crippen LogP contribution in [0.4, 0.5) is 0 Å². The van der Waals surface area contributed by atoms with E-state index < -0.39 is 0 Å². The summed E-state index contributed by atoms with van der Waals surface area (Å²) in [6.07, 6.45) is 5.87. The monoisotopic (exact) mass is 213 g/mol. The Hall–Kier alpha value is -0.0400. The van der Waals surface area contributed by atoms with E-state index in [1.54, 1.807) is 0 Å². The van der Waals surface area contributed by atoms with Gasteiger partial charge in [-0.25, -0.2) is 0 Å².